The normalized spacial score (nSPS) is 11.2. The average molecular weight is 336 g/mol. The number of para-hydroxylation sites is 1. The molecule has 0 fully saturated rings. The van der Waals surface area contributed by atoms with Crippen LogP contribution in [0.4, 0.5) is 5.95 Å². The summed E-state index contributed by atoms with van der Waals surface area (Å²) in [5.41, 5.74) is 1.56. The van der Waals surface area contributed by atoms with E-state index in [2.05, 4.69) is 25.5 Å². The molecule has 0 saturated carbocycles. The number of hydrogen-bond acceptors (Lipinski definition) is 6. The number of rotatable bonds is 5. The second-order valence-electron chi connectivity index (χ2n) is 5.56. The van der Waals surface area contributed by atoms with Crippen LogP contribution < -0.4 is 10.9 Å². The second kappa shape index (κ2) is 6.33. The molecule has 1 aromatic carbocycles. The van der Waals surface area contributed by atoms with Gasteiger partial charge >= 0.3 is 0 Å². The van der Waals surface area contributed by atoms with Crippen LogP contribution in [0.3, 0.4) is 0 Å². The predicted octanol–water partition coefficient (Wildman–Crippen LogP) is 1.45. The number of H-pyrrole nitrogens is 1. The quantitative estimate of drug-likeness (QED) is 0.476. The number of nitrogens with one attached hydrogen (secondary N) is 2. The van der Waals surface area contributed by atoms with Crippen LogP contribution in [0.25, 0.3) is 27.6 Å². The number of aliphatic hydroxyl groups is 1. The van der Waals surface area contributed by atoms with Crippen molar-refractivity contribution in [3.05, 3.63) is 53.1 Å². The molecule has 4 aromatic rings. The van der Waals surface area contributed by atoms with Gasteiger partial charge in [-0.3, -0.25) is 14.5 Å². The minimum Gasteiger partial charge on any atom is -0.396 e. The Morgan fingerprint density at radius 2 is 2.04 bits per heavy atom. The van der Waals surface area contributed by atoms with Gasteiger partial charge in [-0.15, -0.1) is 0 Å². The minimum absolute atomic E-state index is 0.0865. The Morgan fingerprint density at radius 1 is 1.20 bits per heavy atom. The molecule has 3 aromatic heterocycles. The molecule has 0 bridgehead atoms. The molecule has 126 valence electrons. The van der Waals surface area contributed by atoms with Gasteiger partial charge in [0.1, 0.15) is 5.52 Å². The summed E-state index contributed by atoms with van der Waals surface area (Å²) in [6.07, 6.45) is 3.83. The monoisotopic (exact) mass is 336 g/mol. The molecule has 4 rings (SSSR count). The van der Waals surface area contributed by atoms with E-state index in [0.29, 0.717) is 40.9 Å². The topological polar surface area (TPSA) is 109 Å². The molecule has 25 heavy (non-hydrogen) atoms. The number of anilines is 1. The highest BCUT2D eigenvalue weighted by molar-refractivity contribution is 6.02. The number of benzene rings is 1. The van der Waals surface area contributed by atoms with Gasteiger partial charge in [0.15, 0.2) is 5.65 Å². The molecule has 0 unspecified atom stereocenters. The van der Waals surface area contributed by atoms with Crippen molar-refractivity contribution in [2.24, 2.45) is 0 Å². The van der Waals surface area contributed by atoms with Gasteiger partial charge in [-0.05, 0) is 18.6 Å². The predicted molar refractivity (Wildman–Crippen MR) is 95.0 cm³/mol. The Bertz CT molecular complexity index is 1090. The molecule has 8 nitrogen and oxygen atoms in total. The number of hydrogen-bond donors (Lipinski definition) is 3. The lowest BCUT2D eigenvalue weighted by Gasteiger charge is -2.11. The molecule has 0 spiro atoms. The Hall–Kier alpha value is -3.26. The lowest BCUT2D eigenvalue weighted by molar-refractivity contribution is 0.292. The van der Waals surface area contributed by atoms with E-state index >= 15 is 0 Å². The van der Waals surface area contributed by atoms with Crippen molar-refractivity contribution in [3.63, 3.8) is 0 Å². The SMILES string of the molecule is O=c1c2c[nH]nc2c2cnc(NCCCO)nc2n1-c1ccccc1. The molecule has 3 heterocycles. The zero-order valence-corrected chi connectivity index (χ0v) is 13.3. The van der Waals surface area contributed by atoms with Crippen molar-refractivity contribution in [1.29, 1.82) is 0 Å². The summed E-state index contributed by atoms with van der Waals surface area (Å²) in [5, 5.41) is 20.0. The Labute approximate surface area is 142 Å². The summed E-state index contributed by atoms with van der Waals surface area (Å²) in [6, 6.07) is 9.34. The van der Waals surface area contributed by atoms with Crippen LogP contribution >= 0.6 is 0 Å². The lowest BCUT2D eigenvalue weighted by atomic mass is 10.2. The summed E-state index contributed by atoms with van der Waals surface area (Å²) < 4.78 is 1.56. The molecule has 0 aliphatic carbocycles. The van der Waals surface area contributed by atoms with Crippen LogP contribution in [-0.4, -0.2) is 43.0 Å². The molecule has 0 amide bonds. The summed E-state index contributed by atoms with van der Waals surface area (Å²) in [4.78, 5) is 21.8. The van der Waals surface area contributed by atoms with Crippen molar-refractivity contribution >= 4 is 27.9 Å². The maximum atomic E-state index is 13.0. The Balaban J connectivity index is 1.99. The van der Waals surface area contributed by atoms with E-state index in [-0.39, 0.29) is 12.2 Å². The largest absolute Gasteiger partial charge is 0.396 e. The van der Waals surface area contributed by atoms with E-state index in [1.54, 1.807) is 17.0 Å². The van der Waals surface area contributed by atoms with Crippen LogP contribution in [0.1, 0.15) is 6.42 Å². The lowest BCUT2D eigenvalue weighted by Crippen LogP contribution is -2.20. The number of aromatic amines is 1. The van der Waals surface area contributed by atoms with Gasteiger partial charge < -0.3 is 10.4 Å². The summed E-state index contributed by atoms with van der Waals surface area (Å²) in [6.45, 7) is 0.630. The standard InChI is InChI=1S/C17H16N6O2/c24-8-4-7-18-17-19-9-12-14-13(10-20-22-14)16(25)23(15(12)21-17)11-5-2-1-3-6-11/h1-3,5-6,9-10,24H,4,7-8H2,(H,20,22)(H,18,19,21). The maximum Gasteiger partial charge on any atom is 0.267 e. The third-order valence-electron chi connectivity index (χ3n) is 3.94. The second-order valence-corrected chi connectivity index (χ2v) is 5.56. The number of aromatic nitrogens is 5. The molecule has 0 aliphatic heterocycles. The number of fused-ring (bicyclic) bond motifs is 3. The van der Waals surface area contributed by atoms with Gasteiger partial charge in [0.25, 0.3) is 5.56 Å². The van der Waals surface area contributed by atoms with Gasteiger partial charge in [-0.1, -0.05) is 18.2 Å². The highest BCUT2D eigenvalue weighted by atomic mass is 16.3. The van der Waals surface area contributed by atoms with Gasteiger partial charge in [0.2, 0.25) is 5.95 Å². The molecule has 0 atom stereocenters. The number of nitrogens with zero attached hydrogens (tertiary/aromatic N) is 4. The maximum absolute atomic E-state index is 13.0. The van der Waals surface area contributed by atoms with Crippen LogP contribution in [0.5, 0.6) is 0 Å². The smallest absolute Gasteiger partial charge is 0.267 e. The first-order valence-electron chi connectivity index (χ1n) is 7.95. The fourth-order valence-corrected chi connectivity index (χ4v) is 2.77. The van der Waals surface area contributed by atoms with Gasteiger partial charge in [-0.2, -0.15) is 10.1 Å². The summed E-state index contributed by atoms with van der Waals surface area (Å²) in [5.74, 6) is 0.403. The van der Waals surface area contributed by atoms with E-state index in [0.717, 1.165) is 5.69 Å². The van der Waals surface area contributed by atoms with E-state index in [1.165, 1.54) is 0 Å². The minimum atomic E-state index is -0.192. The zero-order chi connectivity index (χ0) is 17.2. The highest BCUT2D eigenvalue weighted by Crippen LogP contribution is 2.22. The third kappa shape index (κ3) is 2.62. The van der Waals surface area contributed by atoms with E-state index < -0.39 is 0 Å². The number of pyridine rings is 1. The van der Waals surface area contributed by atoms with Crippen molar-refractivity contribution in [2.75, 3.05) is 18.5 Å². The molecule has 0 aliphatic rings. The Morgan fingerprint density at radius 3 is 2.84 bits per heavy atom. The summed E-state index contributed by atoms with van der Waals surface area (Å²) in [7, 11) is 0. The van der Waals surface area contributed by atoms with E-state index in [9.17, 15) is 4.79 Å². The highest BCUT2D eigenvalue weighted by Gasteiger charge is 2.16. The fourth-order valence-electron chi connectivity index (χ4n) is 2.77. The summed E-state index contributed by atoms with van der Waals surface area (Å²) >= 11 is 0. The molecular weight excluding hydrogens is 320 g/mol. The zero-order valence-electron chi connectivity index (χ0n) is 13.3. The molecule has 0 saturated heterocycles. The van der Waals surface area contributed by atoms with E-state index in [1.807, 2.05) is 30.3 Å². The number of aliphatic hydroxyl groups excluding tert-OH is 1. The van der Waals surface area contributed by atoms with Crippen LogP contribution in [-0.2, 0) is 0 Å². The van der Waals surface area contributed by atoms with Crippen LogP contribution in [0.15, 0.2) is 47.5 Å². The van der Waals surface area contributed by atoms with Crippen LogP contribution in [0.2, 0.25) is 0 Å². The van der Waals surface area contributed by atoms with Crippen molar-refractivity contribution in [2.45, 2.75) is 6.42 Å². The molecule has 3 N–H and O–H groups in total. The van der Waals surface area contributed by atoms with Gasteiger partial charge in [0.05, 0.1) is 16.5 Å². The Kier molecular flexibility index (Phi) is 3.87. The molecular formula is C17H16N6O2. The van der Waals surface area contributed by atoms with E-state index in [4.69, 9.17) is 5.11 Å². The van der Waals surface area contributed by atoms with Gasteiger partial charge in [0, 0.05) is 25.5 Å². The average Bonchev–Trinajstić information content (AvgIpc) is 3.13. The first-order chi connectivity index (χ1) is 12.3. The third-order valence-corrected chi connectivity index (χ3v) is 3.94. The van der Waals surface area contributed by atoms with Crippen molar-refractivity contribution in [1.82, 2.24) is 24.7 Å². The molecule has 8 heteroatoms. The van der Waals surface area contributed by atoms with Crippen LogP contribution in [0, 0.1) is 0 Å². The van der Waals surface area contributed by atoms with Crippen molar-refractivity contribution < 1.29 is 5.11 Å². The fraction of sp³-hybridized carbons (Fsp3) is 0.176. The van der Waals surface area contributed by atoms with Crippen molar-refractivity contribution in [3.8, 4) is 5.69 Å². The molecule has 0 radical (unpaired) electrons. The van der Waals surface area contributed by atoms with Gasteiger partial charge in [-0.25, -0.2) is 4.98 Å². The first-order valence-corrected chi connectivity index (χ1v) is 7.95. The first kappa shape index (κ1) is 15.3.